The fraction of sp³-hybridized carbons (Fsp3) is 0.217. The molecular weight excluding hydrogens is 378 g/mol. The molecule has 0 saturated heterocycles. The van der Waals surface area contributed by atoms with Crippen molar-refractivity contribution < 1.29 is 9.32 Å². The van der Waals surface area contributed by atoms with Gasteiger partial charge in [-0.05, 0) is 75.2 Å². The van der Waals surface area contributed by atoms with Crippen molar-refractivity contribution >= 4 is 34.2 Å². The van der Waals surface area contributed by atoms with Crippen molar-refractivity contribution in [3.05, 3.63) is 70.7 Å². The molecule has 2 aromatic heterocycles. The number of benzene rings is 2. The monoisotopic (exact) mass is 401 g/mol. The van der Waals surface area contributed by atoms with Crippen LogP contribution in [0.25, 0.3) is 11.0 Å². The van der Waals surface area contributed by atoms with Gasteiger partial charge in [0.05, 0.1) is 6.42 Å². The number of carbonyl (C=O) groups is 1. The van der Waals surface area contributed by atoms with Crippen molar-refractivity contribution in [3.63, 3.8) is 0 Å². The Morgan fingerprint density at radius 3 is 2.30 bits per heavy atom. The number of amides is 1. The highest BCUT2D eigenvalue weighted by Gasteiger charge is 2.15. The second-order valence-electron chi connectivity index (χ2n) is 7.49. The molecule has 0 saturated carbocycles. The van der Waals surface area contributed by atoms with Gasteiger partial charge < -0.3 is 15.2 Å². The summed E-state index contributed by atoms with van der Waals surface area (Å²) in [7, 11) is 0. The molecule has 0 bridgehead atoms. The molecule has 0 spiro atoms. The maximum Gasteiger partial charge on any atom is 0.230 e. The number of hydrogen-bond acceptors (Lipinski definition) is 6. The van der Waals surface area contributed by atoms with Crippen LogP contribution >= 0.6 is 0 Å². The van der Waals surface area contributed by atoms with Crippen molar-refractivity contribution in [2.45, 2.75) is 34.1 Å². The summed E-state index contributed by atoms with van der Waals surface area (Å²) in [6.07, 6.45) is 0.146. The number of nitrogens with zero attached hydrogens (tertiary/aromatic N) is 3. The molecule has 0 fully saturated rings. The topological polar surface area (TPSA) is 92.9 Å². The maximum absolute atomic E-state index is 12.5. The van der Waals surface area contributed by atoms with Gasteiger partial charge in [-0.1, -0.05) is 11.2 Å². The second-order valence-corrected chi connectivity index (χ2v) is 7.49. The summed E-state index contributed by atoms with van der Waals surface area (Å²) >= 11 is 0. The van der Waals surface area contributed by atoms with Gasteiger partial charge in [0, 0.05) is 28.1 Å². The van der Waals surface area contributed by atoms with E-state index in [2.05, 4.69) is 31.8 Å². The van der Waals surface area contributed by atoms with Gasteiger partial charge in [0.2, 0.25) is 11.9 Å². The van der Waals surface area contributed by atoms with Crippen LogP contribution in [0.2, 0.25) is 0 Å². The van der Waals surface area contributed by atoms with Crippen molar-refractivity contribution in [2.24, 2.45) is 0 Å². The number of aryl methyl sites for hydroxylation is 4. The molecular formula is C23H23N5O2. The Labute approximate surface area is 174 Å². The average molecular weight is 401 g/mol. The molecule has 0 unspecified atom stereocenters. The molecule has 0 aliphatic rings. The fourth-order valence-electron chi connectivity index (χ4n) is 3.55. The smallest absolute Gasteiger partial charge is 0.230 e. The first kappa shape index (κ1) is 19.6. The minimum absolute atomic E-state index is 0.146. The molecule has 7 nitrogen and oxygen atoms in total. The lowest BCUT2D eigenvalue weighted by Gasteiger charge is -2.08. The lowest BCUT2D eigenvalue weighted by Crippen LogP contribution is -2.14. The van der Waals surface area contributed by atoms with Crippen LogP contribution in [0.15, 0.2) is 47.0 Å². The minimum Gasteiger partial charge on any atom is -0.356 e. The van der Waals surface area contributed by atoms with E-state index in [0.29, 0.717) is 22.9 Å². The van der Waals surface area contributed by atoms with Gasteiger partial charge in [-0.2, -0.15) is 0 Å². The van der Waals surface area contributed by atoms with Gasteiger partial charge in [-0.25, -0.2) is 9.97 Å². The standard InChI is InChI=1S/C23H23N5O2/c1-13-9-14(2)22-19(28-30-20(22)10-13)12-21(29)26-17-5-7-18(8-6-17)27-23-24-15(3)11-16(4)25-23/h5-11H,12H2,1-4H3,(H,26,29)(H,24,25,27). The largest absolute Gasteiger partial charge is 0.356 e. The molecule has 0 aliphatic heterocycles. The fourth-order valence-corrected chi connectivity index (χ4v) is 3.55. The predicted octanol–water partition coefficient (Wildman–Crippen LogP) is 4.78. The Morgan fingerprint density at radius 2 is 1.60 bits per heavy atom. The minimum atomic E-state index is -0.150. The molecule has 1 amide bonds. The zero-order chi connectivity index (χ0) is 21.3. The van der Waals surface area contributed by atoms with Crippen molar-refractivity contribution in [3.8, 4) is 0 Å². The summed E-state index contributed by atoms with van der Waals surface area (Å²) < 4.78 is 5.40. The first-order chi connectivity index (χ1) is 14.4. The lowest BCUT2D eigenvalue weighted by atomic mass is 10.0. The number of carbonyl (C=O) groups excluding carboxylic acids is 1. The summed E-state index contributed by atoms with van der Waals surface area (Å²) in [5.41, 5.74) is 6.85. The summed E-state index contributed by atoms with van der Waals surface area (Å²) in [6.45, 7) is 7.86. The van der Waals surface area contributed by atoms with Gasteiger partial charge in [0.25, 0.3) is 0 Å². The lowest BCUT2D eigenvalue weighted by molar-refractivity contribution is -0.115. The van der Waals surface area contributed by atoms with E-state index in [9.17, 15) is 4.79 Å². The number of anilines is 3. The van der Waals surface area contributed by atoms with Gasteiger partial charge in [0.1, 0.15) is 5.69 Å². The van der Waals surface area contributed by atoms with Crippen LogP contribution in [0.3, 0.4) is 0 Å². The van der Waals surface area contributed by atoms with Crippen LogP contribution in [-0.4, -0.2) is 21.0 Å². The second kappa shape index (κ2) is 7.94. The molecule has 2 N–H and O–H groups in total. The highest BCUT2D eigenvalue weighted by molar-refractivity contribution is 5.95. The summed E-state index contributed by atoms with van der Waals surface area (Å²) in [6, 6.07) is 13.3. The first-order valence-corrected chi connectivity index (χ1v) is 9.72. The van der Waals surface area contributed by atoms with Crippen LogP contribution in [-0.2, 0) is 11.2 Å². The van der Waals surface area contributed by atoms with Gasteiger partial charge >= 0.3 is 0 Å². The zero-order valence-electron chi connectivity index (χ0n) is 17.4. The van der Waals surface area contributed by atoms with E-state index >= 15 is 0 Å². The van der Waals surface area contributed by atoms with E-state index in [-0.39, 0.29) is 12.3 Å². The van der Waals surface area contributed by atoms with Crippen LogP contribution < -0.4 is 10.6 Å². The van der Waals surface area contributed by atoms with Crippen LogP contribution in [0.5, 0.6) is 0 Å². The molecule has 4 rings (SSSR count). The van der Waals surface area contributed by atoms with Crippen LogP contribution in [0, 0.1) is 27.7 Å². The Balaban J connectivity index is 1.43. The van der Waals surface area contributed by atoms with Gasteiger partial charge in [-0.15, -0.1) is 0 Å². The molecule has 4 aromatic rings. The first-order valence-electron chi connectivity index (χ1n) is 9.72. The third-order valence-corrected chi connectivity index (χ3v) is 4.72. The molecule has 2 aromatic carbocycles. The van der Waals surface area contributed by atoms with Crippen molar-refractivity contribution in [2.75, 3.05) is 10.6 Å². The highest BCUT2D eigenvalue weighted by Crippen LogP contribution is 2.25. The molecule has 2 heterocycles. The van der Waals surface area contributed by atoms with E-state index in [1.807, 2.05) is 64.1 Å². The number of rotatable bonds is 5. The van der Waals surface area contributed by atoms with E-state index in [1.54, 1.807) is 0 Å². The number of hydrogen-bond donors (Lipinski definition) is 2. The van der Waals surface area contributed by atoms with E-state index in [0.717, 1.165) is 33.6 Å². The Kier molecular flexibility index (Phi) is 5.18. The van der Waals surface area contributed by atoms with Crippen LogP contribution in [0.4, 0.5) is 17.3 Å². The Bertz CT molecular complexity index is 1210. The third-order valence-electron chi connectivity index (χ3n) is 4.72. The third kappa shape index (κ3) is 4.30. The number of aromatic nitrogens is 3. The van der Waals surface area contributed by atoms with Crippen LogP contribution in [0.1, 0.15) is 28.2 Å². The number of fused-ring (bicyclic) bond motifs is 1. The summed E-state index contributed by atoms with van der Waals surface area (Å²) in [5, 5.41) is 11.1. The van der Waals surface area contributed by atoms with Crippen molar-refractivity contribution in [1.29, 1.82) is 0 Å². The SMILES string of the molecule is Cc1cc(C)c2c(CC(=O)Nc3ccc(Nc4nc(C)cc(C)n4)cc3)noc2c1. The normalized spacial score (nSPS) is 10.9. The highest BCUT2D eigenvalue weighted by atomic mass is 16.5. The molecule has 0 atom stereocenters. The van der Waals surface area contributed by atoms with E-state index < -0.39 is 0 Å². The van der Waals surface area contributed by atoms with Gasteiger partial charge in [0.15, 0.2) is 5.58 Å². The zero-order valence-corrected chi connectivity index (χ0v) is 17.4. The summed E-state index contributed by atoms with van der Waals surface area (Å²) in [4.78, 5) is 21.3. The molecule has 7 heteroatoms. The van der Waals surface area contributed by atoms with E-state index in [4.69, 9.17) is 4.52 Å². The maximum atomic E-state index is 12.5. The van der Waals surface area contributed by atoms with E-state index in [1.165, 1.54) is 0 Å². The predicted molar refractivity (Wildman–Crippen MR) is 117 cm³/mol. The van der Waals surface area contributed by atoms with Crippen molar-refractivity contribution in [1.82, 2.24) is 15.1 Å². The molecule has 30 heavy (non-hydrogen) atoms. The summed E-state index contributed by atoms with van der Waals surface area (Å²) in [5.74, 6) is 0.399. The average Bonchev–Trinajstić information content (AvgIpc) is 3.05. The molecule has 0 radical (unpaired) electrons. The Hall–Kier alpha value is -3.74. The quantitative estimate of drug-likeness (QED) is 0.500. The molecule has 0 aliphatic carbocycles. The molecule has 152 valence electrons. The Morgan fingerprint density at radius 1 is 0.933 bits per heavy atom. The number of nitrogens with one attached hydrogen (secondary N) is 2. The van der Waals surface area contributed by atoms with Gasteiger partial charge in [-0.3, -0.25) is 4.79 Å².